The predicted octanol–water partition coefficient (Wildman–Crippen LogP) is 4.35. The van der Waals surface area contributed by atoms with Crippen LogP contribution in [-0.4, -0.2) is 9.91 Å². The molecule has 0 spiro atoms. The van der Waals surface area contributed by atoms with Crippen LogP contribution in [0.2, 0.25) is 10.2 Å². The van der Waals surface area contributed by atoms with Gasteiger partial charge in [0.15, 0.2) is 0 Å². The third kappa shape index (κ3) is 3.13. The summed E-state index contributed by atoms with van der Waals surface area (Å²) in [6, 6.07) is 7.90. The highest BCUT2D eigenvalue weighted by atomic mass is 35.5. The van der Waals surface area contributed by atoms with Gasteiger partial charge in [-0.2, -0.15) is 0 Å². The van der Waals surface area contributed by atoms with E-state index in [0.29, 0.717) is 10.7 Å². The van der Waals surface area contributed by atoms with Crippen LogP contribution in [-0.2, 0) is 0 Å². The van der Waals surface area contributed by atoms with Crippen LogP contribution >= 0.6 is 23.2 Å². The molecule has 1 aromatic heterocycles. The first-order valence-electron chi connectivity index (χ1n) is 5.31. The SMILES string of the molecule is Cc1ccc(Nc2nc(Cl)ccc2[N+](=O)[O-])cc1Cl. The molecule has 0 aliphatic rings. The Kier molecular flexibility index (Phi) is 3.87. The molecule has 0 aliphatic carbocycles. The van der Waals surface area contributed by atoms with Crippen molar-refractivity contribution >= 4 is 40.4 Å². The van der Waals surface area contributed by atoms with Crippen LogP contribution in [0, 0.1) is 17.0 Å². The van der Waals surface area contributed by atoms with E-state index in [1.54, 1.807) is 18.2 Å². The summed E-state index contributed by atoms with van der Waals surface area (Å²) in [6.45, 7) is 1.87. The van der Waals surface area contributed by atoms with Gasteiger partial charge < -0.3 is 5.32 Å². The molecule has 2 aromatic rings. The molecule has 2 rings (SSSR count). The Hall–Kier alpha value is -1.85. The molecule has 0 saturated heterocycles. The average Bonchev–Trinajstić information content (AvgIpc) is 2.33. The van der Waals surface area contributed by atoms with Crippen LogP contribution in [0.25, 0.3) is 0 Å². The first kappa shape index (κ1) is 13.6. The third-order valence-corrected chi connectivity index (χ3v) is 3.09. The molecule has 0 saturated carbocycles. The Morgan fingerprint density at radius 3 is 2.63 bits per heavy atom. The van der Waals surface area contributed by atoms with E-state index in [-0.39, 0.29) is 16.7 Å². The number of nitrogens with one attached hydrogen (secondary N) is 1. The number of nitrogens with zero attached hydrogens (tertiary/aromatic N) is 2. The van der Waals surface area contributed by atoms with E-state index in [4.69, 9.17) is 23.2 Å². The summed E-state index contributed by atoms with van der Waals surface area (Å²) < 4.78 is 0. The largest absolute Gasteiger partial charge is 0.334 e. The highest BCUT2D eigenvalue weighted by Crippen LogP contribution is 2.28. The molecule has 0 atom stereocenters. The Morgan fingerprint density at radius 1 is 1.26 bits per heavy atom. The molecule has 1 heterocycles. The maximum absolute atomic E-state index is 10.9. The van der Waals surface area contributed by atoms with Crippen molar-refractivity contribution in [2.24, 2.45) is 0 Å². The number of benzene rings is 1. The van der Waals surface area contributed by atoms with E-state index in [9.17, 15) is 10.1 Å². The van der Waals surface area contributed by atoms with Gasteiger partial charge in [0, 0.05) is 16.8 Å². The third-order valence-electron chi connectivity index (χ3n) is 2.47. The summed E-state index contributed by atoms with van der Waals surface area (Å²) in [5.74, 6) is 0.0809. The first-order valence-corrected chi connectivity index (χ1v) is 6.07. The molecular formula is C12H9Cl2N3O2. The van der Waals surface area contributed by atoms with Crippen molar-refractivity contribution in [1.29, 1.82) is 0 Å². The second-order valence-corrected chi connectivity index (χ2v) is 4.64. The molecule has 0 unspecified atom stereocenters. The number of nitro groups is 1. The van der Waals surface area contributed by atoms with Gasteiger partial charge in [0.05, 0.1) is 4.92 Å². The van der Waals surface area contributed by atoms with Crippen molar-refractivity contribution in [3.8, 4) is 0 Å². The van der Waals surface area contributed by atoms with Gasteiger partial charge in [-0.3, -0.25) is 10.1 Å². The molecule has 0 amide bonds. The zero-order chi connectivity index (χ0) is 14.0. The highest BCUT2D eigenvalue weighted by Gasteiger charge is 2.16. The lowest BCUT2D eigenvalue weighted by Crippen LogP contribution is -2.00. The maximum Gasteiger partial charge on any atom is 0.311 e. The van der Waals surface area contributed by atoms with E-state index in [1.165, 1.54) is 12.1 Å². The molecular weight excluding hydrogens is 289 g/mol. The van der Waals surface area contributed by atoms with Crippen LogP contribution < -0.4 is 5.32 Å². The standard InChI is InChI=1S/C12H9Cl2N3O2/c1-7-2-3-8(6-9(7)13)15-12-10(17(18)19)4-5-11(14)16-12/h2-6H,1H3,(H,15,16). The summed E-state index contributed by atoms with van der Waals surface area (Å²) in [5.41, 5.74) is 1.37. The van der Waals surface area contributed by atoms with Crippen molar-refractivity contribution in [3.05, 3.63) is 56.2 Å². The minimum Gasteiger partial charge on any atom is -0.334 e. The predicted molar refractivity (Wildman–Crippen MR) is 75.4 cm³/mol. The lowest BCUT2D eigenvalue weighted by molar-refractivity contribution is -0.384. The van der Waals surface area contributed by atoms with E-state index in [2.05, 4.69) is 10.3 Å². The summed E-state index contributed by atoms with van der Waals surface area (Å²) in [6.07, 6.45) is 0. The van der Waals surface area contributed by atoms with Gasteiger partial charge in [0.1, 0.15) is 5.15 Å². The minimum absolute atomic E-state index is 0.0809. The Balaban J connectivity index is 2.39. The van der Waals surface area contributed by atoms with Crippen LogP contribution in [0.15, 0.2) is 30.3 Å². The van der Waals surface area contributed by atoms with Crippen LogP contribution in [0.1, 0.15) is 5.56 Å². The maximum atomic E-state index is 10.9. The molecule has 0 fully saturated rings. The first-order chi connectivity index (χ1) is 8.97. The van der Waals surface area contributed by atoms with Gasteiger partial charge in [-0.25, -0.2) is 4.98 Å². The van der Waals surface area contributed by atoms with Gasteiger partial charge >= 0.3 is 5.69 Å². The quantitative estimate of drug-likeness (QED) is 0.519. The lowest BCUT2D eigenvalue weighted by Gasteiger charge is -2.07. The normalized spacial score (nSPS) is 10.3. The number of halogens is 2. The van der Waals surface area contributed by atoms with Gasteiger partial charge in [-0.15, -0.1) is 0 Å². The molecule has 1 N–H and O–H groups in total. The van der Waals surface area contributed by atoms with Gasteiger partial charge in [-0.1, -0.05) is 29.3 Å². The van der Waals surface area contributed by atoms with E-state index >= 15 is 0 Å². The van der Waals surface area contributed by atoms with Gasteiger partial charge in [-0.05, 0) is 30.7 Å². The number of aromatic nitrogens is 1. The number of aryl methyl sites for hydroxylation is 1. The minimum atomic E-state index is -0.526. The molecule has 0 bridgehead atoms. The molecule has 0 aliphatic heterocycles. The summed E-state index contributed by atoms with van der Waals surface area (Å²) in [7, 11) is 0. The summed E-state index contributed by atoms with van der Waals surface area (Å²) >= 11 is 11.7. The van der Waals surface area contributed by atoms with Gasteiger partial charge in [0.25, 0.3) is 0 Å². The number of rotatable bonds is 3. The van der Waals surface area contributed by atoms with Crippen molar-refractivity contribution in [3.63, 3.8) is 0 Å². The summed E-state index contributed by atoms with van der Waals surface area (Å²) in [5, 5.41) is 14.5. The Bertz CT molecular complexity index is 647. The van der Waals surface area contributed by atoms with Crippen LogP contribution in [0.4, 0.5) is 17.2 Å². The van der Waals surface area contributed by atoms with E-state index in [0.717, 1.165) is 5.56 Å². The number of anilines is 2. The summed E-state index contributed by atoms with van der Waals surface area (Å²) in [4.78, 5) is 14.3. The molecule has 0 radical (unpaired) electrons. The average molecular weight is 298 g/mol. The Labute approximate surface area is 119 Å². The fourth-order valence-electron chi connectivity index (χ4n) is 1.47. The molecule has 7 heteroatoms. The topological polar surface area (TPSA) is 68.1 Å². The number of hydrogen-bond acceptors (Lipinski definition) is 4. The monoisotopic (exact) mass is 297 g/mol. The van der Waals surface area contributed by atoms with Crippen molar-refractivity contribution in [1.82, 2.24) is 4.98 Å². The van der Waals surface area contributed by atoms with Gasteiger partial charge in [0.2, 0.25) is 5.82 Å². The molecule has 19 heavy (non-hydrogen) atoms. The van der Waals surface area contributed by atoms with E-state index < -0.39 is 4.92 Å². The second kappa shape index (κ2) is 5.42. The van der Waals surface area contributed by atoms with Crippen molar-refractivity contribution < 1.29 is 4.92 Å². The molecule has 98 valence electrons. The van der Waals surface area contributed by atoms with Crippen molar-refractivity contribution in [2.45, 2.75) is 6.92 Å². The van der Waals surface area contributed by atoms with E-state index in [1.807, 2.05) is 6.92 Å². The zero-order valence-electron chi connectivity index (χ0n) is 9.85. The molecule has 5 nitrogen and oxygen atoms in total. The number of hydrogen-bond donors (Lipinski definition) is 1. The highest BCUT2D eigenvalue weighted by molar-refractivity contribution is 6.31. The lowest BCUT2D eigenvalue weighted by atomic mass is 10.2. The van der Waals surface area contributed by atoms with Crippen LogP contribution in [0.5, 0.6) is 0 Å². The fourth-order valence-corrected chi connectivity index (χ4v) is 1.80. The Morgan fingerprint density at radius 2 is 2.00 bits per heavy atom. The second-order valence-electron chi connectivity index (χ2n) is 3.85. The molecule has 1 aromatic carbocycles. The fraction of sp³-hybridized carbons (Fsp3) is 0.0833. The van der Waals surface area contributed by atoms with Crippen molar-refractivity contribution in [2.75, 3.05) is 5.32 Å². The van der Waals surface area contributed by atoms with Crippen LogP contribution in [0.3, 0.4) is 0 Å². The smallest absolute Gasteiger partial charge is 0.311 e. The number of pyridine rings is 1. The zero-order valence-corrected chi connectivity index (χ0v) is 11.4.